The van der Waals surface area contributed by atoms with Gasteiger partial charge in [-0.3, -0.25) is 14.9 Å². The van der Waals surface area contributed by atoms with Gasteiger partial charge in [-0.2, -0.15) is 14.1 Å². The summed E-state index contributed by atoms with van der Waals surface area (Å²) < 4.78 is 28.5. The van der Waals surface area contributed by atoms with Crippen molar-refractivity contribution < 1.29 is 13.3 Å². The molecule has 1 aromatic heterocycles. The molecule has 0 amide bonds. The van der Waals surface area contributed by atoms with Gasteiger partial charge in [-0.05, 0) is 49.4 Å². The number of rotatable bonds is 5. The number of aryl methyl sites for hydroxylation is 1. The highest BCUT2D eigenvalue weighted by molar-refractivity contribution is 7.89. The molecule has 0 N–H and O–H groups in total. The lowest BCUT2D eigenvalue weighted by Crippen LogP contribution is -2.48. The third-order valence-electron chi connectivity index (χ3n) is 6.43. The largest absolute Gasteiger partial charge is 0.369 e. The smallest absolute Gasteiger partial charge is 0.295 e. The zero-order chi connectivity index (χ0) is 26.3. The summed E-state index contributed by atoms with van der Waals surface area (Å²) in [4.78, 5) is 26.6. The maximum Gasteiger partial charge on any atom is 0.295 e. The van der Waals surface area contributed by atoms with E-state index in [2.05, 4.69) is 5.10 Å². The molecule has 190 valence electrons. The third kappa shape index (κ3) is 4.57. The average Bonchev–Trinajstić information content (AvgIpc) is 2.90. The van der Waals surface area contributed by atoms with Gasteiger partial charge in [0, 0.05) is 48.3 Å². The summed E-state index contributed by atoms with van der Waals surface area (Å²) >= 11 is 5.89. The summed E-state index contributed by atoms with van der Waals surface area (Å²) in [5, 5.41) is 17.7. The van der Waals surface area contributed by atoms with Crippen LogP contribution >= 0.6 is 11.6 Å². The van der Waals surface area contributed by atoms with Crippen LogP contribution in [0.2, 0.25) is 5.02 Å². The third-order valence-corrected chi connectivity index (χ3v) is 8.59. The summed E-state index contributed by atoms with van der Waals surface area (Å²) in [6.45, 7) is 2.93. The Balaban J connectivity index is 1.47. The van der Waals surface area contributed by atoms with Gasteiger partial charge < -0.3 is 4.90 Å². The van der Waals surface area contributed by atoms with Gasteiger partial charge in [0.2, 0.25) is 10.0 Å². The molecule has 5 rings (SSSR count). The van der Waals surface area contributed by atoms with E-state index in [9.17, 15) is 23.3 Å². The van der Waals surface area contributed by atoms with Crippen molar-refractivity contribution in [3.8, 4) is 5.69 Å². The highest BCUT2D eigenvalue weighted by Gasteiger charge is 2.29. The molecule has 10 nitrogen and oxygen atoms in total. The lowest BCUT2D eigenvalue weighted by molar-refractivity contribution is -0.384. The number of hydrogen-bond acceptors (Lipinski definition) is 7. The van der Waals surface area contributed by atoms with Gasteiger partial charge in [0.1, 0.15) is 5.69 Å². The van der Waals surface area contributed by atoms with E-state index in [4.69, 9.17) is 11.6 Å². The van der Waals surface area contributed by atoms with E-state index < -0.39 is 20.5 Å². The van der Waals surface area contributed by atoms with Gasteiger partial charge in [-0.15, -0.1) is 0 Å². The van der Waals surface area contributed by atoms with Crippen LogP contribution in [-0.2, 0) is 10.0 Å². The molecule has 0 unspecified atom stereocenters. The van der Waals surface area contributed by atoms with Gasteiger partial charge in [0.25, 0.3) is 11.2 Å². The number of sulfonamides is 1. The second-order valence-corrected chi connectivity index (χ2v) is 11.0. The molecule has 12 heteroatoms. The number of anilines is 1. The van der Waals surface area contributed by atoms with E-state index in [0.29, 0.717) is 40.3 Å². The van der Waals surface area contributed by atoms with Crippen LogP contribution < -0.4 is 10.5 Å². The zero-order valence-corrected chi connectivity index (χ0v) is 21.3. The monoisotopic (exact) mass is 539 g/mol. The van der Waals surface area contributed by atoms with E-state index in [1.807, 2.05) is 4.90 Å². The van der Waals surface area contributed by atoms with Crippen LogP contribution in [0, 0.1) is 17.0 Å². The summed E-state index contributed by atoms with van der Waals surface area (Å²) in [6.07, 6.45) is 0. The van der Waals surface area contributed by atoms with Crippen molar-refractivity contribution >= 4 is 43.8 Å². The zero-order valence-electron chi connectivity index (χ0n) is 19.7. The minimum absolute atomic E-state index is 0.0533. The molecule has 1 fully saturated rings. The molecule has 0 saturated carbocycles. The van der Waals surface area contributed by atoms with Crippen molar-refractivity contribution in [3.05, 3.63) is 97.9 Å². The van der Waals surface area contributed by atoms with Crippen LogP contribution in [-0.4, -0.2) is 53.6 Å². The van der Waals surface area contributed by atoms with Crippen LogP contribution in [0.15, 0.2) is 76.4 Å². The maximum atomic E-state index is 13.2. The Morgan fingerprint density at radius 2 is 1.59 bits per heavy atom. The first-order chi connectivity index (χ1) is 17.7. The molecule has 0 spiro atoms. The molecule has 3 aromatic carbocycles. The predicted octanol–water partition coefficient (Wildman–Crippen LogP) is 3.77. The summed E-state index contributed by atoms with van der Waals surface area (Å²) in [5.74, 6) is 0. The van der Waals surface area contributed by atoms with Crippen LogP contribution in [0.5, 0.6) is 0 Å². The fourth-order valence-corrected chi connectivity index (χ4v) is 6.03. The number of benzene rings is 3. The Bertz CT molecular complexity index is 1680. The van der Waals surface area contributed by atoms with E-state index in [1.165, 1.54) is 34.6 Å². The standard InChI is InChI=1S/C25H22ClN5O5S/c1-17-21-4-2-3-5-22(21)25(32)30(27-17)24-16-19(8-11-23(24)31(33)34)28-12-14-29(15-13-28)37(35,36)20-9-6-18(26)7-10-20/h2-11,16H,12-15H2,1H3. The first-order valence-corrected chi connectivity index (χ1v) is 13.3. The van der Waals surface area contributed by atoms with Crippen molar-refractivity contribution in [1.82, 2.24) is 14.1 Å². The highest BCUT2D eigenvalue weighted by atomic mass is 35.5. The van der Waals surface area contributed by atoms with Crippen molar-refractivity contribution in [2.75, 3.05) is 31.1 Å². The fourth-order valence-electron chi connectivity index (χ4n) is 4.49. The number of piperazine rings is 1. The minimum Gasteiger partial charge on any atom is -0.369 e. The molecule has 37 heavy (non-hydrogen) atoms. The highest BCUT2D eigenvalue weighted by Crippen LogP contribution is 2.29. The first kappa shape index (κ1) is 24.9. The van der Waals surface area contributed by atoms with E-state index in [0.717, 1.165) is 4.68 Å². The SMILES string of the molecule is Cc1nn(-c2cc(N3CCN(S(=O)(=O)c4ccc(Cl)cc4)CC3)ccc2[N+](=O)[O-])c(=O)c2ccccc12. The molecule has 0 atom stereocenters. The molecule has 1 saturated heterocycles. The van der Waals surface area contributed by atoms with E-state index in [-0.39, 0.29) is 29.4 Å². The maximum absolute atomic E-state index is 13.2. The fraction of sp³-hybridized carbons (Fsp3) is 0.200. The molecule has 1 aliphatic rings. The molecule has 1 aliphatic heterocycles. The van der Waals surface area contributed by atoms with Crippen molar-refractivity contribution in [3.63, 3.8) is 0 Å². The van der Waals surface area contributed by atoms with Crippen LogP contribution in [0.1, 0.15) is 5.69 Å². The Morgan fingerprint density at radius 1 is 0.946 bits per heavy atom. The van der Waals surface area contributed by atoms with Gasteiger partial charge in [-0.1, -0.05) is 29.8 Å². The van der Waals surface area contributed by atoms with Crippen LogP contribution in [0.4, 0.5) is 11.4 Å². The van der Waals surface area contributed by atoms with E-state index in [1.54, 1.807) is 43.3 Å². The molecule has 0 radical (unpaired) electrons. The molecular weight excluding hydrogens is 518 g/mol. The molecular formula is C25H22ClN5O5S. The summed E-state index contributed by atoms with van der Waals surface area (Å²) in [7, 11) is -3.68. The number of aromatic nitrogens is 2. The van der Waals surface area contributed by atoms with Gasteiger partial charge in [0.05, 0.1) is 20.9 Å². The number of fused-ring (bicyclic) bond motifs is 1. The minimum atomic E-state index is -3.68. The number of hydrogen-bond donors (Lipinski definition) is 0. The Morgan fingerprint density at radius 3 is 2.24 bits per heavy atom. The molecule has 0 bridgehead atoms. The van der Waals surface area contributed by atoms with Crippen LogP contribution in [0.3, 0.4) is 0 Å². The second-order valence-electron chi connectivity index (χ2n) is 8.62. The lowest BCUT2D eigenvalue weighted by Gasteiger charge is -2.35. The quantitative estimate of drug-likeness (QED) is 0.280. The normalized spacial score (nSPS) is 14.7. The first-order valence-electron chi connectivity index (χ1n) is 11.4. The number of nitrogens with zero attached hydrogens (tertiary/aromatic N) is 5. The Labute approximate surface area is 217 Å². The van der Waals surface area contributed by atoms with Crippen molar-refractivity contribution in [2.45, 2.75) is 11.8 Å². The van der Waals surface area contributed by atoms with E-state index >= 15 is 0 Å². The number of halogens is 1. The van der Waals surface area contributed by atoms with Gasteiger partial charge in [-0.25, -0.2) is 8.42 Å². The Kier molecular flexibility index (Phi) is 6.44. The summed E-state index contributed by atoms with van der Waals surface area (Å²) in [6, 6.07) is 17.5. The van der Waals surface area contributed by atoms with Crippen molar-refractivity contribution in [1.29, 1.82) is 0 Å². The Hall–Kier alpha value is -3.80. The molecule has 2 heterocycles. The number of nitro benzene ring substituents is 1. The summed E-state index contributed by atoms with van der Waals surface area (Å²) in [5.41, 5.74) is 0.537. The predicted molar refractivity (Wildman–Crippen MR) is 141 cm³/mol. The lowest BCUT2D eigenvalue weighted by atomic mass is 10.1. The number of nitro groups is 1. The van der Waals surface area contributed by atoms with Crippen molar-refractivity contribution in [2.24, 2.45) is 0 Å². The molecule has 4 aromatic rings. The average molecular weight is 540 g/mol. The second kappa shape index (κ2) is 9.58. The van der Waals surface area contributed by atoms with Crippen LogP contribution in [0.25, 0.3) is 16.5 Å². The van der Waals surface area contributed by atoms with Gasteiger partial charge in [0.15, 0.2) is 0 Å². The topological polar surface area (TPSA) is 119 Å². The van der Waals surface area contributed by atoms with Gasteiger partial charge >= 0.3 is 0 Å². The molecule has 0 aliphatic carbocycles.